The normalized spacial score (nSPS) is 10.0. The molecular formula is C13H12ClN3O4S. The van der Waals surface area contributed by atoms with E-state index in [2.05, 4.69) is 15.0 Å². The number of thioether (sulfide) groups is 1. The van der Waals surface area contributed by atoms with Crippen molar-refractivity contribution >= 4 is 35.3 Å². The van der Waals surface area contributed by atoms with Gasteiger partial charge in [-0.15, -0.1) is 0 Å². The largest absolute Gasteiger partial charge is 0.478 e. The quantitative estimate of drug-likeness (QED) is 0.565. The highest BCUT2D eigenvalue weighted by molar-refractivity contribution is 7.98. The summed E-state index contributed by atoms with van der Waals surface area (Å²) in [5.41, 5.74) is 0. The van der Waals surface area contributed by atoms with Gasteiger partial charge in [-0.05, 0) is 12.1 Å². The number of H-pyrrole nitrogens is 1. The van der Waals surface area contributed by atoms with E-state index in [1.165, 1.54) is 0 Å². The summed E-state index contributed by atoms with van der Waals surface area (Å²) < 4.78 is 0. The topological polar surface area (TPSA) is 116 Å². The summed E-state index contributed by atoms with van der Waals surface area (Å²) in [6.45, 7) is 0. The number of carboxylic acid groups (broad SMARTS) is 2. The second-order valence-corrected chi connectivity index (χ2v) is 5.00. The van der Waals surface area contributed by atoms with Gasteiger partial charge < -0.3 is 15.2 Å². The maximum absolute atomic E-state index is 9.55. The van der Waals surface area contributed by atoms with Crippen LogP contribution in [0.1, 0.15) is 5.82 Å². The number of rotatable bonds is 5. The lowest BCUT2D eigenvalue weighted by Crippen LogP contribution is -1.91. The standard InChI is InChI=1S/C9H8ClN3S.C4H4O4/c10-7-2-1-3-13-9(7)14-6-8-11-4-5-12-8;5-3(6)1-2-4(7)8/h1-5H,6H2,(H,11,12);1-2H,(H,5,6)(H,7,8)/b;2-1-. The molecule has 0 spiro atoms. The monoisotopic (exact) mass is 341 g/mol. The molecule has 0 aromatic carbocycles. The first-order chi connectivity index (χ1) is 10.5. The molecule has 0 aliphatic heterocycles. The first-order valence-corrected chi connectivity index (χ1v) is 7.21. The molecule has 2 aromatic heterocycles. The zero-order chi connectivity index (χ0) is 16.4. The Hall–Kier alpha value is -2.32. The lowest BCUT2D eigenvalue weighted by molar-refractivity contribution is -0.134. The van der Waals surface area contributed by atoms with Crippen LogP contribution in [0.25, 0.3) is 0 Å². The molecule has 0 amide bonds. The Bertz CT molecular complexity index is 630. The van der Waals surface area contributed by atoms with Crippen molar-refractivity contribution in [2.45, 2.75) is 10.8 Å². The molecule has 2 rings (SSSR count). The van der Waals surface area contributed by atoms with Gasteiger partial charge in [0, 0.05) is 30.7 Å². The highest BCUT2D eigenvalue weighted by atomic mass is 35.5. The number of pyridine rings is 1. The third kappa shape index (κ3) is 7.46. The zero-order valence-corrected chi connectivity index (χ0v) is 12.7. The van der Waals surface area contributed by atoms with Gasteiger partial charge in [0.25, 0.3) is 0 Å². The molecule has 0 atom stereocenters. The van der Waals surface area contributed by atoms with E-state index in [-0.39, 0.29) is 0 Å². The maximum atomic E-state index is 9.55. The van der Waals surface area contributed by atoms with Crippen LogP contribution in [-0.2, 0) is 15.3 Å². The Kier molecular flexibility index (Phi) is 7.73. The molecule has 0 bridgehead atoms. The van der Waals surface area contributed by atoms with E-state index in [1.54, 1.807) is 30.4 Å². The number of imidazole rings is 1. The molecule has 3 N–H and O–H groups in total. The molecule has 22 heavy (non-hydrogen) atoms. The summed E-state index contributed by atoms with van der Waals surface area (Å²) >= 11 is 7.52. The van der Waals surface area contributed by atoms with Gasteiger partial charge >= 0.3 is 11.9 Å². The molecule has 0 saturated carbocycles. The summed E-state index contributed by atoms with van der Waals surface area (Å²) in [7, 11) is 0. The Labute approximate surface area is 135 Å². The van der Waals surface area contributed by atoms with Crippen molar-refractivity contribution in [1.82, 2.24) is 15.0 Å². The van der Waals surface area contributed by atoms with Gasteiger partial charge in [0.05, 0.1) is 10.8 Å². The van der Waals surface area contributed by atoms with Gasteiger partial charge in [0.1, 0.15) is 10.9 Å². The van der Waals surface area contributed by atoms with Crippen LogP contribution >= 0.6 is 23.4 Å². The lowest BCUT2D eigenvalue weighted by atomic mass is 10.5. The van der Waals surface area contributed by atoms with E-state index < -0.39 is 11.9 Å². The minimum absolute atomic E-state index is 0.558. The van der Waals surface area contributed by atoms with E-state index >= 15 is 0 Å². The summed E-state index contributed by atoms with van der Waals surface area (Å²) in [4.78, 5) is 30.4. The van der Waals surface area contributed by atoms with Crippen molar-refractivity contribution < 1.29 is 19.8 Å². The highest BCUT2D eigenvalue weighted by Gasteiger charge is 2.02. The minimum atomic E-state index is -1.26. The van der Waals surface area contributed by atoms with E-state index in [0.717, 1.165) is 16.6 Å². The molecule has 0 aliphatic rings. The SMILES string of the molecule is Clc1cccnc1SCc1ncc[nH]1.O=C(O)/C=C\C(=O)O. The number of hydrogen-bond acceptors (Lipinski definition) is 5. The molecule has 0 saturated heterocycles. The summed E-state index contributed by atoms with van der Waals surface area (Å²) in [6.07, 6.45) is 6.38. The van der Waals surface area contributed by atoms with Crippen LogP contribution in [0, 0.1) is 0 Å². The van der Waals surface area contributed by atoms with Crippen LogP contribution in [0.4, 0.5) is 0 Å². The Morgan fingerprint density at radius 3 is 2.41 bits per heavy atom. The summed E-state index contributed by atoms with van der Waals surface area (Å²) in [6, 6.07) is 3.65. The molecule has 116 valence electrons. The van der Waals surface area contributed by atoms with Gasteiger partial charge in [-0.1, -0.05) is 23.4 Å². The number of carbonyl (C=O) groups is 2. The average molecular weight is 342 g/mol. The molecule has 0 fully saturated rings. The second-order valence-electron chi connectivity index (χ2n) is 3.62. The fourth-order valence-corrected chi connectivity index (χ4v) is 2.19. The van der Waals surface area contributed by atoms with E-state index in [9.17, 15) is 9.59 Å². The molecular weight excluding hydrogens is 330 g/mol. The Balaban J connectivity index is 0.000000261. The van der Waals surface area contributed by atoms with Crippen LogP contribution in [0.15, 0.2) is 47.9 Å². The number of halogens is 1. The van der Waals surface area contributed by atoms with Crippen LogP contribution in [0.3, 0.4) is 0 Å². The van der Waals surface area contributed by atoms with Crippen molar-refractivity contribution in [3.05, 3.63) is 53.7 Å². The fourth-order valence-electron chi connectivity index (χ4n) is 1.13. The number of carboxylic acids is 2. The Morgan fingerprint density at radius 1 is 1.23 bits per heavy atom. The predicted octanol–water partition coefficient (Wildman–Crippen LogP) is 2.46. The van der Waals surface area contributed by atoms with Crippen LogP contribution < -0.4 is 0 Å². The van der Waals surface area contributed by atoms with Gasteiger partial charge in [-0.25, -0.2) is 19.6 Å². The number of nitrogens with zero attached hydrogens (tertiary/aromatic N) is 2. The van der Waals surface area contributed by atoms with Crippen LogP contribution in [0.2, 0.25) is 5.02 Å². The molecule has 9 heteroatoms. The van der Waals surface area contributed by atoms with E-state index in [1.807, 2.05) is 12.1 Å². The minimum Gasteiger partial charge on any atom is -0.478 e. The molecule has 2 heterocycles. The fraction of sp³-hybridized carbons (Fsp3) is 0.0769. The van der Waals surface area contributed by atoms with Gasteiger partial charge in [0.15, 0.2) is 0 Å². The first kappa shape index (κ1) is 17.7. The number of hydrogen-bond donors (Lipinski definition) is 3. The molecule has 7 nitrogen and oxygen atoms in total. The van der Waals surface area contributed by atoms with E-state index in [0.29, 0.717) is 17.2 Å². The number of aromatic amines is 1. The van der Waals surface area contributed by atoms with Crippen LogP contribution in [-0.4, -0.2) is 37.1 Å². The number of aromatic nitrogens is 3. The summed E-state index contributed by atoms with van der Waals surface area (Å²) in [5.74, 6) is -0.833. The van der Waals surface area contributed by atoms with Gasteiger partial charge in [-0.2, -0.15) is 0 Å². The van der Waals surface area contributed by atoms with Crippen molar-refractivity contribution in [3.8, 4) is 0 Å². The van der Waals surface area contributed by atoms with Gasteiger partial charge in [0.2, 0.25) is 0 Å². The lowest BCUT2D eigenvalue weighted by Gasteiger charge is -1.99. The number of nitrogens with one attached hydrogen (secondary N) is 1. The molecule has 0 aliphatic carbocycles. The molecule has 0 radical (unpaired) electrons. The van der Waals surface area contributed by atoms with Crippen LogP contribution in [0.5, 0.6) is 0 Å². The van der Waals surface area contributed by atoms with Crippen molar-refractivity contribution in [2.24, 2.45) is 0 Å². The maximum Gasteiger partial charge on any atom is 0.328 e. The van der Waals surface area contributed by atoms with E-state index in [4.69, 9.17) is 21.8 Å². The van der Waals surface area contributed by atoms with Crippen molar-refractivity contribution in [2.75, 3.05) is 0 Å². The third-order valence-electron chi connectivity index (χ3n) is 1.99. The predicted molar refractivity (Wildman–Crippen MR) is 81.8 cm³/mol. The molecule has 0 unspecified atom stereocenters. The highest BCUT2D eigenvalue weighted by Crippen LogP contribution is 2.25. The third-order valence-corrected chi connectivity index (χ3v) is 3.43. The van der Waals surface area contributed by atoms with Gasteiger partial charge in [-0.3, -0.25) is 0 Å². The number of aliphatic carboxylic acids is 2. The first-order valence-electron chi connectivity index (χ1n) is 5.84. The molecule has 2 aromatic rings. The van der Waals surface area contributed by atoms with Crippen molar-refractivity contribution in [1.29, 1.82) is 0 Å². The second kappa shape index (κ2) is 9.59. The Morgan fingerprint density at radius 2 is 1.91 bits per heavy atom. The zero-order valence-electron chi connectivity index (χ0n) is 11.1. The smallest absolute Gasteiger partial charge is 0.328 e. The average Bonchev–Trinajstić information content (AvgIpc) is 2.98. The summed E-state index contributed by atoms with van der Waals surface area (Å²) in [5, 5.41) is 17.1. The van der Waals surface area contributed by atoms with Crippen molar-refractivity contribution in [3.63, 3.8) is 0 Å².